The number of rotatable bonds is 3. The van der Waals surface area contributed by atoms with E-state index in [4.69, 9.17) is 11.6 Å². The lowest BCUT2D eigenvalue weighted by atomic mass is 9.87. The molecule has 1 unspecified atom stereocenters. The molecular formula is C17H22ClN3O2. The van der Waals surface area contributed by atoms with Crippen LogP contribution in [0.15, 0.2) is 18.3 Å². The number of hydrogen-bond acceptors (Lipinski definition) is 3. The maximum absolute atomic E-state index is 12.4. The molecule has 1 saturated heterocycles. The number of amides is 2. The van der Waals surface area contributed by atoms with Gasteiger partial charge >= 0.3 is 0 Å². The minimum absolute atomic E-state index is 0.105. The number of carbonyl (C=O) groups is 2. The van der Waals surface area contributed by atoms with E-state index in [-0.39, 0.29) is 17.7 Å². The summed E-state index contributed by atoms with van der Waals surface area (Å²) < 4.78 is 0. The fourth-order valence-corrected chi connectivity index (χ4v) is 3.60. The van der Waals surface area contributed by atoms with Crippen molar-refractivity contribution in [1.82, 2.24) is 9.88 Å². The first-order valence-corrected chi connectivity index (χ1v) is 8.62. The van der Waals surface area contributed by atoms with Gasteiger partial charge in [-0.15, -0.1) is 0 Å². The number of aromatic nitrogens is 1. The van der Waals surface area contributed by atoms with Crippen LogP contribution < -0.4 is 5.32 Å². The lowest BCUT2D eigenvalue weighted by Gasteiger charge is -2.33. The molecular weight excluding hydrogens is 314 g/mol. The van der Waals surface area contributed by atoms with Gasteiger partial charge in [0.25, 0.3) is 0 Å². The summed E-state index contributed by atoms with van der Waals surface area (Å²) >= 11 is 5.78. The second kappa shape index (κ2) is 6.87. The summed E-state index contributed by atoms with van der Waals surface area (Å²) in [6.07, 6.45) is 6.23. The van der Waals surface area contributed by atoms with Crippen molar-refractivity contribution in [1.29, 1.82) is 0 Å². The SMILES string of the molecule is CC1CCC(N2CC(C(=O)Nc3ccc(Cl)cn3)CC2=O)CC1. The highest BCUT2D eigenvalue weighted by atomic mass is 35.5. The molecule has 23 heavy (non-hydrogen) atoms. The van der Waals surface area contributed by atoms with E-state index in [0.717, 1.165) is 18.8 Å². The molecule has 2 amide bonds. The molecule has 0 radical (unpaired) electrons. The molecule has 5 nitrogen and oxygen atoms in total. The van der Waals surface area contributed by atoms with Crippen LogP contribution in [0.25, 0.3) is 0 Å². The first kappa shape index (κ1) is 16.2. The molecule has 124 valence electrons. The summed E-state index contributed by atoms with van der Waals surface area (Å²) in [7, 11) is 0. The van der Waals surface area contributed by atoms with Crippen LogP contribution >= 0.6 is 11.6 Å². The zero-order valence-corrected chi connectivity index (χ0v) is 14.1. The van der Waals surface area contributed by atoms with Crippen LogP contribution in [0.3, 0.4) is 0 Å². The van der Waals surface area contributed by atoms with E-state index in [9.17, 15) is 9.59 Å². The average Bonchev–Trinajstić information content (AvgIpc) is 2.92. The topological polar surface area (TPSA) is 62.3 Å². The molecule has 0 spiro atoms. The van der Waals surface area contributed by atoms with E-state index >= 15 is 0 Å². The Bertz CT molecular complexity index is 582. The van der Waals surface area contributed by atoms with Crippen LogP contribution in [-0.2, 0) is 9.59 Å². The van der Waals surface area contributed by atoms with Gasteiger partial charge in [0, 0.05) is 25.2 Å². The van der Waals surface area contributed by atoms with E-state index in [1.807, 2.05) is 4.90 Å². The Morgan fingerprint density at radius 1 is 1.30 bits per heavy atom. The monoisotopic (exact) mass is 335 g/mol. The fourth-order valence-electron chi connectivity index (χ4n) is 3.49. The molecule has 1 aliphatic heterocycles. The van der Waals surface area contributed by atoms with Crippen molar-refractivity contribution >= 4 is 29.2 Å². The molecule has 1 aliphatic carbocycles. The van der Waals surface area contributed by atoms with Gasteiger partial charge in [-0.2, -0.15) is 0 Å². The number of anilines is 1. The maximum atomic E-state index is 12.4. The summed E-state index contributed by atoms with van der Waals surface area (Å²) in [6.45, 7) is 2.79. The standard InChI is InChI=1S/C17H22ClN3O2/c1-11-2-5-14(6-3-11)21-10-12(8-16(21)22)17(23)20-15-7-4-13(18)9-19-15/h4,7,9,11-12,14H,2-3,5-6,8,10H2,1H3,(H,19,20,23). The summed E-state index contributed by atoms with van der Waals surface area (Å²) in [5.41, 5.74) is 0. The molecule has 1 N–H and O–H groups in total. The van der Waals surface area contributed by atoms with Crippen molar-refractivity contribution in [3.8, 4) is 0 Å². The van der Waals surface area contributed by atoms with Crippen LogP contribution in [0, 0.1) is 11.8 Å². The second-order valence-electron chi connectivity index (χ2n) is 6.71. The van der Waals surface area contributed by atoms with Crippen LogP contribution in [0.4, 0.5) is 5.82 Å². The fraction of sp³-hybridized carbons (Fsp3) is 0.588. The van der Waals surface area contributed by atoms with Gasteiger partial charge in [0.2, 0.25) is 11.8 Å². The molecule has 3 rings (SSSR count). The molecule has 2 fully saturated rings. The number of nitrogens with zero attached hydrogens (tertiary/aromatic N) is 2. The number of hydrogen-bond donors (Lipinski definition) is 1. The summed E-state index contributed by atoms with van der Waals surface area (Å²) in [6, 6.07) is 3.65. The molecule has 1 atom stereocenters. The molecule has 1 saturated carbocycles. The van der Waals surface area contributed by atoms with Crippen molar-refractivity contribution < 1.29 is 9.59 Å². The molecule has 0 bridgehead atoms. The Kier molecular flexibility index (Phi) is 4.85. The van der Waals surface area contributed by atoms with Gasteiger partial charge in [-0.25, -0.2) is 4.98 Å². The smallest absolute Gasteiger partial charge is 0.230 e. The number of nitrogens with one attached hydrogen (secondary N) is 1. The Morgan fingerprint density at radius 3 is 2.70 bits per heavy atom. The zero-order chi connectivity index (χ0) is 16.4. The first-order chi connectivity index (χ1) is 11.0. The number of halogens is 1. The molecule has 6 heteroatoms. The van der Waals surface area contributed by atoms with Gasteiger partial charge in [0.15, 0.2) is 0 Å². The van der Waals surface area contributed by atoms with E-state index in [0.29, 0.717) is 29.8 Å². The normalized spacial score (nSPS) is 28.0. The molecule has 2 heterocycles. The minimum atomic E-state index is -0.292. The highest BCUT2D eigenvalue weighted by Gasteiger charge is 2.38. The van der Waals surface area contributed by atoms with Crippen LogP contribution in [-0.4, -0.2) is 34.3 Å². The zero-order valence-electron chi connectivity index (χ0n) is 13.3. The van der Waals surface area contributed by atoms with Crippen molar-refractivity contribution in [3.05, 3.63) is 23.4 Å². The van der Waals surface area contributed by atoms with E-state index in [1.54, 1.807) is 12.1 Å². The lowest BCUT2D eigenvalue weighted by molar-refractivity contribution is -0.130. The second-order valence-corrected chi connectivity index (χ2v) is 7.15. The van der Waals surface area contributed by atoms with Gasteiger partial charge < -0.3 is 10.2 Å². The number of pyridine rings is 1. The highest BCUT2D eigenvalue weighted by Crippen LogP contribution is 2.31. The minimum Gasteiger partial charge on any atom is -0.339 e. The van der Waals surface area contributed by atoms with Crippen molar-refractivity contribution in [2.24, 2.45) is 11.8 Å². The molecule has 1 aromatic rings. The van der Waals surface area contributed by atoms with Crippen LogP contribution in [0.2, 0.25) is 5.02 Å². The van der Waals surface area contributed by atoms with Gasteiger partial charge in [0.05, 0.1) is 10.9 Å². The van der Waals surface area contributed by atoms with Crippen LogP contribution in [0.5, 0.6) is 0 Å². The third kappa shape index (κ3) is 3.83. The quantitative estimate of drug-likeness (QED) is 0.923. The van der Waals surface area contributed by atoms with E-state index < -0.39 is 0 Å². The number of likely N-dealkylation sites (tertiary alicyclic amines) is 1. The van der Waals surface area contributed by atoms with Gasteiger partial charge in [-0.1, -0.05) is 18.5 Å². The average molecular weight is 336 g/mol. The Balaban J connectivity index is 1.58. The van der Waals surface area contributed by atoms with Gasteiger partial charge in [0.1, 0.15) is 5.82 Å². The van der Waals surface area contributed by atoms with Crippen LogP contribution in [0.1, 0.15) is 39.0 Å². The first-order valence-electron chi connectivity index (χ1n) is 8.25. The maximum Gasteiger partial charge on any atom is 0.230 e. The molecule has 1 aromatic heterocycles. The summed E-state index contributed by atoms with van der Waals surface area (Å²) in [5.74, 6) is 0.892. The lowest BCUT2D eigenvalue weighted by Crippen LogP contribution is -2.39. The molecule has 0 aromatic carbocycles. The van der Waals surface area contributed by atoms with E-state index in [2.05, 4.69) is 17.2 Å². The third-order valence-electron chi connectivity index (χ3n) is 4.93. The number of carbonyl (C=O) groups excluding carboxylic acids is 2. The Morgan fingerprint density at radius 2 is 2.04 bits per heavy atom. The predicted molar refractivity (Wildman–Crippen MR) is 89.1 cm³/mol. The Hall–Kier alpha value is -1.62. The third-order valence-corrected chi connectivity index (χ3v) is 5.16. The summed E-state index contributed by atoms with van der Waals surface area (Å²) in [5, 5.41) is 3.30. The summed E-state index contributed by atoms with van der Waals surface area (Å²) in [4.78, 5) is 30.6. The van der Waals surface area contributed by atoms with Gasteiger partial charge in [-0.05, 0) is 43.7 Å². The van der Waals surface area contributed by atoms with E-state index in [1.165, 1.54) is 19.0 Å². The van der Waals surface area contributed by atoms with Gasteiger partial charge in [-0.3, -0.25) is 9.59 Å². The Labute approximate surface area is 141 Å². The largest absolute Gasteiger partial charge is 0.339 e. The van der Waals surface area contributed by atoms with Crippen molar-refractivity contribution in [3.63, 3.8) is 0 Å². The highest BCUT2D eigenvalue weighted by molar-refractivity contribution is 6.30. The molecule has 2 aliphatic rings. The predicted octanol–water partition coefficient (Wildman–Crippen LogP) is 3.10. The van der Waals surface area contributed by atoms with Crippen molar-refractivity contribution in [2.45, 2.75) is 45.1 Å². The van der Waals surface area contributed by atoms with Crippen molar-refractivity contribution in [2.75, 3.05) is 11.9 Å².